The van der Waals surface area contributed by atoms with E-state index in [0.29, 0.717) is 6.42 Å². The number of rotatable bonds is 2. The first-order valence-corrected chi connectivity index (χ1v) is 3.19. The zero-order valence-electron chi connectivity index (χ0n) is 7.31. The molecule has 1 atom stereocenters. The molecule has 0 spiro atoms. The minimum Gasteiger partial charge on any atom is -0.396 e. The Morgan fingerprint density at radius 2 is 1.43 bits per heavy atom. The van der Waals surface area contributed by atoms with Crippen LogP contribution >= 0.6 is 0 Å². The molecule has 0 aromatic heterocycles. The monoisotopic (exact) mass is 216 g/mol. The summed E-state index contributed by atoms with van der Waals surface area (Å²) in [6.07, 6.45) is 0.134. The van der Waals surface area contributed by atoms with Crippen LogP contribution in [0.15, 0.2) is 0 Å². The van der Waals surface area contributed by atoms with Crippen LogP contribution in [0.25, 0.3) is 0 Å². The van der Waals surface area contributed by atoms with E-state index < -0.39 is 10.2 Å². The number of aliphatic hydroxyl groups is 2. The second kappa shape index (κ2) is 13.9. The second-order valence-electron chi connectivity index (χ2n) is 1.84. The Labute approximate surface area is 78.2 Å². The normalized spacial score (nSPS) is 9.64. The van der Waals surface area contributed by atoms with E-state index in [9.17, 15) is 0 Å². The summed E-state index contributed by atoms with van der Waals surface area (Å²) < 4.78 is 0. The molecular formula is C4H12N2O8. The van der Waals surface area contributed by atoms with Crippen LogP contribution in [0.2, 0.25) is 0 Å². The smallest absolute Gasteiger partial charge is 0.291 e. The van der Waals surface area contributed by atoms with Crippen LogP contribution < -0.4 is 0 Å². The van der Waals surface area contributed by atoms with E-state index in [1.807, 2.05) is 0 Å². The van der Waals surface area contributed by atoms with E-state index >= 15 is 0 Å². The first-order valence-electron chi connectivity index (χ1n) is 3.19. The van der Waals surface area contributed by atoms with Crippen molar-refractivity contribution in [2.75, 3.05) is 6.61 Å². The summed E-state index contributed by atoms with van der Waals surface area (Å²) in [7, 11) is 0. The van der Waals surface area contributed by atoms with Gasteiger partial charge in [0.05, 0.1) is 6.10 Å². The number of hydrogen-bond donors (Lipinski definition) is 4. The molecule has 1 unspecified atom stereocenters. The molecule has 0 aromatic rings. The highest BCUT2D eigenvalue weighted by atomic mass is 16.9. The Hall–Kier alpha value is -1.68. The molecule has 0 saturated heterocycles. The van der Waals surface area contributed by atoms with Crippen molar-refractivity contribution in [1.29, 1.82) is 0 Å². The highest BCUT2D eigenvalue weighted by molar-refractivity contribution is 4.40. The first-order chi connectivity index (χ1) is 6.23. The molecule has 0 rings (SSSR count). The minimum atomic E-state index is -1.50. The van der Waals surface area contributed by atoms with E-state index in [1.54, 1.807) is 6.92 Å². The van der Waals surface area contributed by atoms with Crippen molar-refractivity contribution in [2.24, 2.45) is 0 Å². The van der Waals surface area contributed by atoms with Gasteiger partial charge in [0, 0.05) is 6.61 Å². The highest BCUT2D eigenvalue weighted by Gasteiger charge is 1.88. The fourth-order valence-electron chi connectivity index (χ4n) is 0.187. The fraction of sp³-hybridized carbons (Fsp3) is 1.00. The maximum Gasteiger partial charge on any atom is 0.291 e. The van der Waals surface area contributed by atoms with Gasteiger partial charge in [0.25, 0.3) is 10.2 Å². The maximum atomic E-state index is 8.39. The molecule has 10 nitrogen and oxygen atoms in total. The van der Waals surface area contributed by atoms with Crippen LogP contribution in [-0.4, -0.2) is 43.5 Å². The third kappa shape index (κ3) is 514. The lowest BCUT2D eigenvalue weighted by Crippen LogP contribution is -2.00. The summed E-state index contributed by atoms with van der Waals surface area (Å²) in [5.41, 5.74) is 0. The predicted octanol–water partition coefficient (Wildman–Crippen LogP) is -0.946. The van der Waals surface area contributed by atoms with Crippen LogP contribution in [0.4, 0.5) is 0 Å². The molecule has 14 heavy (non-hydrogen) atoms. The van der Waals surface area contributed by atoms with Crippen LogP contribution in [0.3, 0.4) is 0 Å². The standard InChI is InChI=1S/C4H10O2.2HNO3/c1-4(6)2-3-5;2*2-1(3)4/h4-6H,2-3H2,1H3;2*(H,2,3,4). The molecular weight excluding hydrogens is 204 g/mol. The average molecular weight is 216 g/mol. The van der Waals surface area contributed by atoms with E-state index in [1.165, 1.54) is 0 Å². The summed E-state index contributed by atoms with van der Waals surface area (Å²) in [6, 6.07) is 0. The molecule has 0 radical (unpaired) electrons. The Kier molecular flexibility index (Phi) is 18.0. The van der Waals surface area contributed by atoms with Crippen molar-refractivity contribution in [3.05, 3.63) is 20.2 Å². The van der Waals surface area contributed by atoms with Crippen LogP contribution in [0.5, 0.6) is 0 Å². The maximum absolute atomic E-state index is 8.39. The lowest BCUT2D eigenvalue weighted by molar-refractivity contribution is -0.742. The van der Waals surface area contributed by atoms with Gasteiger partial charge >= 0.3 is 0 Å². The van der Waals surface area contributed by atoms with E-state index in [0.717, 1.165) is 0 Å². The molecule has 0 bridgehead atoms. The van der Waals surface area contributed by atoms with Gasteiger partial charge in [0.15, 0.2) is 0 Å². The number of aliphatic hydroxyl groups excluding tert-OH is 2. The van der Waals surface area contributed by atoms with Crippen molar-refractivity contribution in [1.82, 2.24) is 0 Å². The molecule has 0 fully saturated rings. The molecule has 0 saturated carbocycles. The largest absolute Gasteiger partial charge is 0.396 e. The summed E-state index contributed by atoms with van der Waals surface area (Å²) in [6.45, 7) is 1.73. The molecule has 86 valence electrons. The average Bonchev–Trinajstić information content (AvgIpc) is 1.82. The van der Waals surface area contributed by atoms with Gasteiger partial charge in [-0.15, -0.1) is 20.2 Å². The van der Waals surface area contributed by atoms with Gasteiger partial charge in [-0.2, -0.15) is 0 Å². The van der Waals surface area contributed by atoms with Crippen molar-refractivity contribution in [3.63, 3.8) is 0 Å². The van der Waals surface area contributed by atoms with Crippen molar-refractivity contribution >= 4 is 0 Å². The molecule has 0 aromatic carbocycles. The SMILES string of the molecule is CC(O)CCO.O=[N+]([O-])O.O=[N+]([O-])O. The molecule has 0 heterocycles. The van der Waals surface area contributed by atoms with Crippen molar-refractivity contribution < 1.29 is 30.8 Å². The molecule has 0 aliphatic rings. The van der Waals surface area contributed by atoms with Gasteiger partial charge in [0.1, 0.15) is 0 Å². The topological polar surface area (TPSA) is 167 Å². The molecule has 0 aliphatic heterocycles. The lowest BCUT2D eigenvalue weighted by Gasteiger charge is -1.95. The summed E-state index contributed by atoms with van der Waals surface area (Å²) in [4.78, 5) is 16.7. The first kappa shape index (κ1) is 18.2. The van der Waals surface area contributed by atoms with E-state index in [2.05, 4.69) is 0 Å². The number of hydrogen-bond acceptors (Lipinski definition) is 6. The summed E-state index contributed by atoms with van der Waals surface area (Å²) in [5.74, 6) is 0. The van der Waals surface area contributed by atoms with Gasteiger partial charge in [-0.3, -0.25) is 0 Å². The zero-order valence-corrected chi connectivity index (χ0v) is 7.31. The molecule has 0 amide bonds. The van der Waals surface area contributed by atoms with Crippen molar-refractivity contribution in [2.45, 2.75) is 19.4 Å². The van der Waals surface area contributed by atoms with Gasteiger partial charge in [-0.25, -0.2) is 0 Å². The lowest BCUT2D eigenvalue weighted by atomic mass is 10.3. The Balaban J connectivity index is -0.000000135. The van der Waals surface area contributed by atoms with Gasteiger partial charge in [-0.05, 0) is 13.3 Å². The molecule has 0 aliphatic carbocycles. The second-order valence-corrected chi connectivity index (χ2v) is 1.84. The summed E-state index contributed by atoms with van der Waals surface area (Å²) in [5, 5.41) is 43.7. The van der Waals surface area contributed by atoms with Crippen LogP contribution in [-0.2, 0) is 0 Å². The third-order valence-corrected chi connectivity index (χ3v) is 0.547. The predicted molar refractivity (Wildman–Crippen MR) is 40.9 cm³/mol. The van der Waals surface area contributed by atoms with E-state index in [-0.39, 0.29) is 12.7 Å². The Morgan fingerprint density at radius 3 is 1.43 bits per heavy atom. The molecule has 4 N–H and O–H groups in total. The molecule has 10 heteroatoms. The quantitative estimate of drug-likeness (QED) is 0.338. The zero-order chi connectivity index (χ0) is 12.1. The number of nitrogens with zero attached hydrogens (tertiary/aromatic N) is 2. The van der Waals surface area contributed by atoms with Crippen LogP contribution in [0, 0.1) is 20.2 Å². The van der Waals surface area contributed by atoms with E-state index in [4.69, 9.17) is 40.9 Å². The Bertz CT molecular complexity index is 128. The Morgan fingerprint density at radius 1 is 1.21 bits per heavy atom. The van der Waals surface area contributed by atoms with Gasteiger partial charge < -0.3 is 20.6 Å². The van der Waals surface area contributed by atoms with Gasteiger partial charge in [0.2, 0.25) is 0 Å². The van der Waals surface area contributed by atoms with Gasteiger partial charge in [-0.1, -0.05) is 0 Å². The van der Waals surface area contributed by atoms with Crippen LogP contribution in [0.1, 0.15) is 13.3 Å². The minimum absolute atomic E-state index is 0.0810. The highest BCUT2D eigenvalue weighted by Crippen LogP contribution is 1.83. The fourth-order valence-corrected chi connectivity index (χ4v) is 0.187. The third-order valence-electron chi connectivity index (χ3n) is 0.547. The summed E-state index contributed by atoms with van der Waals surface area (Å²) >= 11 is 0. The van der Waals surface area contributed by atoms with Crippen molar-refractivity contribution in [3.8, 4) is 0 Å².